The van der Waals surface area contributed by atoms with E-state index in [0.29, 0.717) is 39.0 Å². The predicted molar refractivity (Wildman–Crippen MR) is 107 cm³/mol. The van der Waals surface area contributed by atoms with Crippen molar-refractivity contribution in [3.8, 4) is 0 Å². The summed E-state index contributed by atoms with van der Waals surface area (Å²) in [4.78, 5) is 35.8. The molecule has 0 aliphatic carbocycles. The van der Waals surface area contributed by atoms with E-state index < -0.39 is 0 Å². The highest BCUT2D eigenvalue weighted by Crippen LogP contribution is 2.04. The summed E-state index contributed by atoms with van der Waals surface area (Å²) >= 11 is 1.14. The molecule has 142 valence electrons. The topological polar surface area (TPSA) is 78.5 Å². The zero-order chi connectivity index (χ0) is 19.0. The number of carbonyl (C=O) groups excluding carboxylic acids is 3. The van der Waals surface area contributed by atoms with E-state index >= 15 is 0 Å². The van der Waals surface area contributed by atoms with Gasteiger partial charge in [0.15, 0.2) is 0 Å². The number of hydrogen-bond acceptors (Lipinski definition) is 4. The van der Waals surface area contributed by atoms with Crippen LogP contribution in [0.4, 0.5) is 4.79 Å². The lowest BCUT2D eigenvalue weighted by Crippen LogP contribution is -2.34. The molecule has 7 heteroatoms. The van der Waals surface area contributed by atoms with Gasteiger partial charge in [-0.1, -0.05) is 42.1 Å². The number of hydrogen-bond donors (Lipinski definition) is 2. The van der Waals surface area contributed by atoms with E-state index in [1.807, 2.05) is 30.3 Å². The molecule has 1 rings (SSSR count). The highest BCUT2D eigenvalue weighted by Gasteiger charge is 2.10. The first-order chi connectivity index (χ1) is 12.7. The van der Waals surface area contributed by atoms with Crippen molar-refractivity contribution in [2.24, 2.45) is 0 Å². The largest absolute Gasteiger partial charge is 0.359 e. The summed E-state index contributed by atoms with van der Waals surface area (Å²) in [6.45, 7) is 2.34. The Morgan fingerprint density at radius 2 is 1.81 bits per heavy atom. The number of nitrogens with zero attached hydrogens (tertiary/aromatic N) is 1. The Labute approximate surface area is 159 Å². The van der Waals surface area contributed by atoms with Crippen LogP contribution >= 0.6 is 11.8 Å². The first-order valence-corrected chi connectivity index (χ1v) is 9.90. The van der Waals surface area contributed by atoms with Crippen LogP contribution in [0.5, 0.6) is 0 Å². The van der Waals surface area contributed by atoms with Gasteiger partial charge in [0.25, 0.3) is 5.24 Å². The molecule has 0 heterocycles. The van der Waals surface area contributed by atoms with E-state index in [0.717, 1.165) is 30.2 Å². The molecule has 0 aliphatic heterocycles. The zero-order valence-electron chi connectivity index (χ0n) is 15.1. The Hall–Kier alpha value is -2.28. The van der Waals surface area contributed by atoms with Crippen LogP contribution in [0.1, 0.15) is 24.8 Å². The molecule has 26 heavy (non-hydrogen) atoms. The second-order valence-electron chi connectivity index (χ2n) is 5.62. The summed E-state index contributed by atoms with van der Waals surface area (Å²) in [5.74, 6) is -0.0478. The maximum atomic E-state index is 12.5. The average molecular weight is 378 g/mol. The molecule has 0 fully saturated rings. The van der Waals surface area contributed by atoms with Gasteiger partial charge in [0, 0.05) is 32.3 Å². The van der Waals surface area contributed by atoms with Gasteiger partial charge in [0.1, 0.15) is 0 Å². The monoisotopic (exact) mass is 377 g/mol. The summed E-state index contributed by atoms with van der Waals surface area (Å²) in [7, 11) is 0. The lowest BCUT2D eigenvalue weighted by Gasteiger charge is -2.21. The van der Waals surface area contributed by atoms with E-state index in [-0.39, 0.29) is 11.1 Å². The van der Waals surface area contributed by atoms with E-state index in [9.17, 15) is 14.4 Å². The van der Waals surface area contributed by atoms with Crippen LogP contribution in [0.2, 0.25) is 0 Å². The predicted octanol–water partition coefficient (Wildman–Crippen LogP) is 2.52. The highest BCUT2D eigenvalue weighted by molar-refractivity contribution is 8.12. The standard InChI is InChI=1S/C19H27N3O3S/c1-26-19(25)21-13-7-15-22(14-6-5-12-20-16-23)18(24)11-10-17-8-3-2-4-9-17/h2-4,8-11,16H,5-7,12-15H2,1H3,(H,20,23)(H,21,25)/b11-10+. The molecular weight excluding hydrogens is 350 g/mol. The van der Waals surface area contributed by atoms with Gasteiger partial charge in [-0.25, -0.2) is 0 Å². The molecule has 0 bridgehead atoms. The fourth-order valence-electron chi connectivity index (χ4n) is 2.29. The minimum atomic E-state index is -0.0632. The molecule has 0 aliphatic rings. The fourth-order valence-corrected chi connectivity index (χ4v) is 2.54. The van der Waals surface area contributed by atoms with Gasteiger partial charge < -0.3 is 15.5 Å². The minimum Gasteiger partial charge on any atom is -0.359 e. The molecule has 3 amide bonds. The summed E-state index contributed by atoms with van der Waals surface area (Å²) in [5, 5.41) is 5.35. The molecule has 1 aromatic carbocycles. The number of amides is 3. The number of thioether (sulfide) groups is 1. The first kappa shape index (κ1) is 21.8. The van der Waals surface area contributed by atoms with Crippen molar-refractivity contribution in [1.29, 1.82) is 0 Å². The van der Waals surface area contributed by atoms with Crippen LogP contribution in [0.25, 0.3) is 6.08 Å². The van der Waals surface area contributed by atoms with Gasteiger partial charge in [-0.15, -0.1) is 0 Å². The zero-order valence-corrected chi connectivity index (χ0v) is 16.0. The quantitative estimate of drug-likeness (QED) is 0.333. The summed E-state index contributed by atoms with van der Waals surface area (Å²) < 4.78 is 0. The van der Waals surface area contributed by atoms with Crippen molar-refractivity contribution in [1.82, 2.24) is 15.5 Å². The van der Waals surface area contributed by atoms with Crippen molar-refractivity contribution in [3.63, 3.8) is 0 Å². The van der Waals surface area contributed by atoms with Crippen molar-refractivity contribution in [2.45, 2.75) is 19.3 Å². The van der Waals surface area contributed by atoms with E-state index in [2.05, 4.69) is 10.6 Å². The second kappa shape index (κ2) is 13.9. The summed E-state index contributed by atoms with van der Waals surface area (Å²) in [6, 6.07) is 9.67. The molecule has 0 unspecified atom stereocenters. The van der Waals surface area contributed by atoms with Crippen molar-refractivity contribution >= 4 is 35.4 Å². The third-order valence-electron chi connectivity index (χ3n) is 3.67. The van der Waals surface area contributed by atoms with Crippen molar-refractivity contribution < 1.29 is 14.4 Å². The van der Waals surface area contributed by atoms with Crippen LogP contribution in [0.15, 0.2) is 36.4 Å². The van der Waals surface area contributed by atoms with Gasteiger partial charge in [-0.3, -0.25) is 14.4 Å². The third-order valence-corrected chi connectivity index (χ3v) is 4.19. The van der Waals surface area contributed by atoms with Crippen molar-refractivity contribution in [3.05, 3.63) is 42.0 Å². The number of carbonyl (C=O) groups is 3. The Morgan fingerprint density at radius 1 is 1.08 bits per heavy atom. The molecule has 0 spiro atoms. The summed E-state index contributed by atoms with van der Waals surface area (Å²) in [6.07, 6.45) is 8.12. The molecular formula is C19H27N3O3S. The smallest absolute Gasteiger partial charge is 0.278 e. The number of unbranched alkanes of at least 4 members (excludes halogenated alkanes) is 1. The first-order valence-electron chi connectivity index (χ1n) is 8.68. The Bertz CT molecular complexity index is 579. The molecule has 1 aromatic rings. The molecule has 0 saturated heterocycles. The van der Waals surface area contributed by atoms with E-state index in [4.69, 9.17) is 0 Å². The Kier molecular flexibility index (Phi) is 11.7. The fraction of sp³-hybridized carbons (Fsp3) is 0.421. The molecule has 0 atom stereocenters. The second-order valence-corrected chi connectivity index (χ2v) is 6.40. The van der Waals surface area contributed by atoms with Gasteiger partial charge in [0.05, 0.1) is 0 Å². The Morgan fingerprint density at radius 3 is 2.50 bits per heavy atom. The van der Waals surface area contributed by atoms with E-state index in [1.165, 1.54) is 0 Å². The van der Waals surface area contributed by atoms with Crippen LogP contribution < -0.4 is 10.6 Å². The molecule has 0 saturated carbocycles. The molecule has 0 aromatic heterocycles. The van der Waals surface area contributed by atoms with Crippen LogP contribution in [0.3, 0.4) is 0 Å². The maximum absolute atomic E-state index is 12.5. The number of benzene rings is 1. The third kappa shape index (κ3) is 9.88. The molecule has 6 nitrogen and oxygen atoms in total. The lowest BCUT2D eigenvalue weighted by atomic mass is 10.2. The van der Waals surface area contributed by atoms with Crippen LogP contribution in [-0.4, -0.2) is 54.9 Å². The average Bonchev–Trinajstić information content (AvgIpc) is 2.68. The van der Waals surface area contributed by atoms with Crippen molar-refractivity contribution in [2.75, 3.05) is 32.4 Å². The van der Waals surface area contributed by atoms with Crippen LogP contribution in [0, 0.1) is 0 Å². The number of nitrogens with one attached hydrogen (secondary N) is 2. The minimum absolute atomic E-state index is 0.0478. The van der Waals surface area contributed by atoms with Crippen LogP contribution in [-0.2, 0) is 9.59 Å². The molecule has 2 N–H and O–H groups in total. The normalized spacial score (nSPS) is 10.5. The number of rotatable bonds is 12. The molecule has 0 radical (unpaired) electrons. The van der Waals surface area contributed by atoms with E-state index in [1.54, 1.807) is 23.3 Å². The Balaban J connectivity index is 2.51. The van der Waals surface area contributed by atoms with Gasteiger partial charge in [0.2, 0.25) is 12.3 Å². The highest BCUT2D eigenvalue weighted by atomic mass is 32.2. The maximum Gasteiger partial charge on any atom is 0.278 e. The van der Waals surface area contributed by atoms with Gasteiger partial charge in [-0.05, 0) is 37.2 Å². The van der Waals surface area contributed by atoms with Gasteiger partial charge in [-0.2, -0.15) is 0 Å². The van der Waals surface area contributed by atoms with Gasteiger partial charge >= 0.3 is 0 Å². The SMILES string of the molecule is CSC(=O)NCCCN(CCCCNC=O)C(=O)/C=C/c1ccccc1. The summed E-state index contributed by atoms with van der Waals surface area (Å²) in [5.41, 5.74) is 0.975. The lowest BCUT2D eigenvalue weighted by molar-refractivity contribution is -0.126.